The Bertz CT molecular complexity index is 551. The molecule has 0 aliphatic heterocycles. The monoisotopic (exact) mass is 248 g/mol. The van der Waals surface area contributed by atoms with Crippen LogP contribution in [0.25, 0.3) is 11.0 Å². The Morgan fingerprint density at radius 3 is 2.50 bits per heavy atom. The van der Waals surface area contributed by atoms with Crippen molar-refractivity contribution in [2.45, 2.75) is 44.1 Å². The van der Waals surface area contributed by atoms with Gasteiger partial charge in [0.1, 0.15) is 11.4 Å². The fourth-order valence-corrected chi connectivity index (χ4v) is 2.82. The molecule has 0 saturated heterocycles. The van der Waals surface area contributed by atoms with Gasteiger partial charge in [-0.2, -0.15) is 0 Å². The van der Waals surface area contributed by atoms with Crippen LogP contribution in [0.1, 0.15) is 44.3 Å². The number of benzene rings is 1. The predicted octanol–water partition coefficient (Wildman–Crippen LogP) is 4.11. The highest BCUT2D eigenvalue weighted by Gasteiger charge is 2.33. The lowest BCUT2D eigenvalue weighted by molar-refractivity contribution is 0.00103. The maximum Gasteiger partial charge on any atom is 0.170 e. The van der Waals surface area contributed by atoms with Crippen molar-refractivity contribution in [3.63, 3.8) is 0 Å². The number of aliphatic hydroxyl groups is 1. The highest BCUT2D eigenvalue weighted by atomic mass is 19.1. The first kappa shape index (κ1) is 11.7. The van der Waals surface area contributed by atoms with Crippen LogP contribution in [0.3, 0.4) is 0 Å². The van der Waals surface area contributed by atoms with Crippen LogP contribution in [0.15, 0.2) is 28.7 Å². The molecule has 3 rings (SSSR count). The first-order chi connectivity index (χ1) is 8.69. The minimum atomic E-state index is -0.915. The topological polar surface area (TPSA) is 33.4 Å². The Kier molecular flexibility index (Phi) is 2.86. The molecule has 0 atom stereocenters. The second-order valence-electron chi connectivity index (χ2n) is 5.21. The van der Waals surface area contributed by atoms with Gasteiger partial charge in [-0.15, -0.1) is 0 Å². The summed E-state index contributed by atoms with van der Waals surface area (Å²) in [5, 5.41) is 11.4. The first-order valence-corrected chi connectivity index (χ1v) is 6.60. The molecule has 18 heavy (non-hydrogen) atoms. The fourth-order valence-electron chi connectivity index (χ4n) is 2.82. The molecule has 3 heteroatoms. The molecule has 1 fully saturated rings. The van der Waals surface area contributed by atoms with Crippen molar-refractivity contribution in [2.24, 2.45) is 0 Å². The van der Waals surface area contributed by atoms with Crippen LogP contribution in [0.2, 0.25) is 0 Å². The van der Waals surface area contributed by atoms with Crippen LogP contribution in [-0.4, -0.2) is 5.11 Å². The van der Waals surface area contributed by atoms with E-state index in [0.717, 1.165) is 31.1 Å². The zero-order valence-corrected chi connectivity index (χ0v) is 10.3. The molecule has 96 valence electrons. The molecule has 1 aromatic carbocycles. The highest BCUT2D eigenvalue weighted by Crippen LogP contribution is 2.38. The summed E-state index contributed by atoms with van der Waals surface area (Å²) in [5.74, 6) is 0.153. The van der Waals surface area contributed by atoms with E-state index in [0.29, 0.717) is 18.6 Å². The van der Waals surface area contributed by atoms with E-state index in [9.17, 15) is 9.50 Å². The van der Waals surface area contributed by atoms with Crippen molar-refractivity contribution in [1.82, 2.24) is 0 Å². The first-order valence-electron chi connectivity index (χ1n) is 6.60. The summed E-state index contributed by atoms with van der Waals surface area (Å²) in [7, 11) is 0. The van der Waals surface area contributed by atoms with Crippen LogP contribution < -0.4 is 0 Å². The van der Waals surface area contributed by atoms with Crippen molar-refractivity contribution in [2.75, 3.05) is 0 Å². The summed E-state index contributed by atoms with van der Waals surface area (Å²) in [6.45, 7) is 0. The van der Waals surface area contributed by atoms with E-state index >= 15 is 0 Å². The van der Waals surface area contributed by atoms with Crippen LogP contribution >= 0.6 is 0 Å². The maximum atomic E-state index is 13.6. The van der Waals surface area contributed by atoms with Crippen LogP contribution in [-0.2, 0) is 5.60 Å². The number of para-hydroxylation sites is 1. The van der Waals surface area contributed by atoms with E-state index in [2.05, 4.69) is 0 Å². The number of hydrogen-bond acceptors (Lipinski definition) is 2. The van der Waals surface area contributed by atoms with Gasteiger partial charge < -0.3 is 9.52 Å². The Balaban J connectivity index is 2.05. The van der Waals surface area contributed by atoms with Gasteiger partial charge in [0.2, 0.25) is 0 Å². The number of fused-ring (bicyclic) bond motifs is 1. The Morgan fingerprint density at radius 1 is 1.11 bits per heavy atom. The van der Waals surface area contributed by atoms with Gasteiger partial charge in [-0.05, 0) is 25.0 Å². The molecule has 0 radical (unpaired) electrons. The predicted molar refractivity (Wildman–Crippen MR) is 67.8 cm³/mol. The molecule has 0 spiro atoms. The third-order valence-electron chi connectivity index (χ3n) is 3.89. The smallest absolute Gasteiger partial charge is 0.170 e. The molecule has 0 unspecified atom stereocenters. The minimum Gasteiger partial charge on any atom is -0.455 e. The molecular formula is C15H17FO2. The van der Waals surface area contributed by atoms with Crippen molar-refractivity contribution in [1.29, 1.82) is 0 Å². The average molecular weight is 248 g/mol. The van der Waals surface area contributed by atoms with E-state index in [-0.39, 0.29) is 11.4 Å². The summed E-state index contributed by atoms with van der Waals surface area (Å²) < 4.78 is 19.2. The molecule has 1 heterocycles. The summed E-state index contributed by atoms with van der Waals surface area (Å²) in [6.07, 6.45) is 5.70. The third-order valence-corrected chi connectivity index (χ3v) is 3.89. The van der Waals surface area contributed by atoms with Gasteiger partial charge in [0.05, 0.1) is 0 Å². The quantitative estimate of drug-likeness (QED) is 0.770. The van der Waals surface area contributed by atoms with Gasteiger partial charge in [0.15, 0.2) is 11.4 Å². The van der Waals surface area contributed by atoms with Crippen molar-refractivity contribution in [3.8, 4) is 0 Å². The van der Waals surface area contributed by atoms with E-state index in [1.807, 2.05) is 6.07 Å². The summed E-state index contributed by atoms with van der Waals surface area (Å²) >= 11 is 0. The van der Waals surface area contributed by atoms with Gasteiger partial charge in [-0.1, -0.05) is 37.8 Å². The highest BCUT2D eigenvalue weighted by molar-refractivity contribution is 5.78. The van der Waals surface area contributed by atoms with Crippen molar-refractivity contribution >= 4 is 11.0 Å². The van der Waals surface area contributed by atoms with Gasteiger partial charge in [-0.3, -0.25) is 0 Å². The molecule has 1 aliphatic rings. The lowest BCUT2D eigenvalue weighted by Gasteiger charge is -2.23. The Morgan fingerprint density at radius 2 is 1.83 bits per heavy atom. The van der Waals surface area contributed by atoms with E-state index in [1.54, 1.807) is 12.1 Å². The average Bonchev–Trinajstić information content (AvgIpc) is 2.69. The van der Waals surface area contributed by atoms with E-state index in [1.165, 1.54) is 6.07 Å². The van der Waals surface area contributed by atoms with Crippen LogP contribution in [0, 0.1) is 5.82 Å². The van der Waals surface area contributed by atoms with Crippen LogP contribution in [0.4, 0.5) is 4.39 Å². The lowest BCUT2D eigenvalue weighted by atomic mass is 9.91. The van der Waals surface area contributed by atoms with Crippen molar-refractivity contribution in [3.05, 3.63) is 35.8 Å². The minimum absolute atomic E-state index is 0.255. The van der Waals surface area contributed by atoms with Crippen molar-refractivity contribution < 1.29 is 13.9 Å². The molecule has 2 aromatic rings. The normalized spacial score (nSPS) is 19.9. The lowest BCUT2D eigenvalue weighted by Crippen LogP contribution is -2.23. The molecule has 1 aromatic heterocycles. The standard InChI is InChI=1S/C15H17FO2/c16-12-7-5-6-11-10-13(18-14(11)12)15(17)8-3-1-2-4-9-15/h5-7,10,17H,1-4,8-9H2. The molecule has 1 N–H and O–H groups in total. The number of halogens is 1. The molecule has 0 bridgehead atoms. The fraction of sp³-hybridized carbons (Fsp3) is 0.467. The SMILES string of the molecule is OC1(c2cc3cccc(F)c3o2)CCCCCC1. The Labute approximate surface area is 105 Å². The molecule has 1 saturated carbocycles. The molecule has 0 amide bonds. The zero-order valence-electron chi connectivity index (χ0n) is 10.3. The molecule has 1 aliphatic carbocycles. The van der Waals surface area contributed by atoms with E-state index in [4.69, 9.17) is 4.42 Å². The van der Waals surface area contributed by atoms with Gasteiger partial charge >= 0.3 is 0 Å². The summed E-state index contributed by atoms with van der Waals surface area (Å²) in [6, 6.07) is 6.63. The van der Waals surface area contributed by atoms with Crippen LogP contribution in [0.5, 0.6) is 0 Å². The van der Waals surface area contributed by atoms with Gasteiger partial charge in [0.25, 0.3) is 0 Å². The largest absolute Gasteiger partial charge is 0.455 e. The Hall–Kier alpha value is -1.35. The second kappa shape index (κ2) is 4.39. The number of furan rings is 1. The third kappa shape index (κ3) is 1.93. The van der Waals surface area contributed by atoms with Gasteiger partial charge in [0, 0.05) is 5.39 Å². The summed E-state index contributed by atoms with van der Waals surface area (Å²) in [5.41, 5.74) is -0.660. The molecular weight excluding hydrogens is 231 g/mol. The molecule has 2 nitrogen and oxygen atoms in total. The van der Waals surface area contributed by atoms with E-state index < -0.39 is 5.60 Å². The zero-order chi connectivity index (χ0) is 12.6. The summed E-state index contributed by atoms with van der Waals surface area (Å²) in [4.78, 5) is 0. The van der Waals surface area contributed by atoms with Gasteiger partial charge in [-0.25, -0.2) is 4.39 Å². The number of hydrogen-bond donors (Lipinski definition) is 1. The number of rotatable bonds is 1. The maximum absolute atomic E-state index is 13.6. The second-order valence-corrected chi connectivity index (χ2v) is 5.21.